The Labute approximate surface area is 194 Å². The van der Waals surface area contributed by atoms with Gasteiger partial charge in [-0.2, -0.15) is 0 Å². The van der Waals surface area contributed by atoms with Crippen LogP contribution in [-0.2, 0) is 27.5 Å². The van der Waals surface area contributed by atoms with Crippen molar-refractivity contribution >= 4 is 29.7 Å². The van der Waals surface area contributed by atoms with Crippen LogP contribution in [0.1, 0.15) is 45.5 Å². The van der Waals surface area contributed by atoms with E-state index >= 15 is 0 Å². The maximum absolute atomic E-state index is 13.7. The number of ether oxygens (including phenoxy) is 1. The third-order valence-corrected chi connectivity index (χ3v) is 6.34. The lowest BCUT2D eigenvalue weighted by Gasteiger charge is -2.29. The average molecular weight is 463 g/mol. The summed E-state index contributed by atoms with van der Waals surface area (Å²) in [6.07, 6.45) is 2.20. The van der Waals surface area contributed by atoms with Crippen molar-refractivity contribution in [3.63, 3.8) is 0 Å². The van der Waals surface area contributed by atoms with E-state index in [0.29, 0.717) is 34.4 Å². The Morgan fingerprint density at radius 2 is 2.06 bits per heavy atom. The number of rotatable bonds is 4. The van der Waals surface area contributed by atoms with Gasteiger partial charge in [-0.05, 0) is 48.2 Å². The molecule has 1 saturated heterocycles. The van der Waals surface area contributed by atoms with Crippen LogP contribution in [0.2, 0.25) is 0 Å². The molecule has 9 heteroatoms. The van der Waals surface area contributed by atoms with Gasteiger partial charge in [-0.1, -0.05) is 12.1 Å². The number of aryl methyl sites for hydroxylation is 1. The van der Waals surface area contributed by atoms with Crippen LogP contribution in [-0.4, -0.2) is 41.2 Å². The van der Waals surface area contributed by atoms with Gasteiger partial charge in [-0.15, -0.1) is 0 Å². The highest BCUT2D eigenvalue weighted by atomic mass is 19.1. The van der Waals surface area contributed by atoms with Crippen LogP contribution >= 0.6 is 0 Å². The van der Waals surface area contributed by atoms with E-state index in [1.54, 1.807) is 31.2 Å². The second-order valence-corrected chi connectivity index (χ2v) is 8.67. The van der Waals surface area contributed by atoms with Crippen LogP contribution < -0.4 is 15.4 Å². The number of nitrogens with one attached hydrogen (secondary N) is 2. The van der Waals surface area contributed by atoms with Gasteiger partial charge in [0.25, 0.3) is 11.8 Å². The summed E-state index contributed by atoms with van der Waals surface area (Å²) in [6, 6.07) is 7.59. The first kappa shape index (κ1) is 21.8. The molecule has 0 saturated carbocycles. The molecule has 1 unspecified atom stereocenters. The molecule has 4 amide bonds. The topological polar surface area (TPSA) is 105 Å². The SMILES string of the molecule is Cc1cc2c(cc1F)OCC(C(=O)NCc1ccc3c(c1)CN(C1CCC(=O)NC1=O)C3=O)=C2. The summed E-state index contributed by atoms with van der Waals surface area (Å²) in [5.41, 5.74) is 3.65. The molecule has 3 aliphatic heterocycles. The molecule has 0 spiro atoms. The van der Waals surface area contributed by atoms with Crippen molar-refractivity contribution in [2.24, 2.45) is 0 Å². The Balaban J connectivity index is 1.25. The van der Waals surface area contributed by atoms with Crippen molar-refractivity contribution in [2.75, 3.05) is 6.61 Å². The Bertz CT molecular complexity index is 1290. The van der Waals surface area contributed by atoms with Gasteiger partial charge in [0.1, 0.15) is 24.2 Å². The van der Waals surface area contributed by atoms with Crippen LogP contribution in [0.15, 0.2) is 35.9 Å². The zero-order chi connectivity index (χ0) is 24.0. The van der Waals surface area contributed by atoms with Crippen LogP contribution in [0.4, 0.5) is 4.39 Å². The van der Waals surface area contributed by atoms with Gasteiger partial charge in [-0.25, -0.2) is 4.39 Å². The van der Waals surface area contributed by atoms with Gasteiger partial charge in [-0.3, -0.25) is 24.5 Å². The van der Waals surface area contributed by atoms with Gasteiger partial charge in [0.05, 0.1) is 5.57 Å². The van der Waals surface area contributed by atoms with E-state index in [9.17, 15) is 23.6 Å². The molecule has 34 heavy (non-hydrogen) atoms. The minimum absolute atomic E-state index is 0.0426. The normalized spacial score (nSPS) is 19.1. The highest BCUT2D eigenvalue weighted by Gasteiger charge is 2.39. The average Bonchev–Trinajstić information content (AvgIpc) is 3.13. The Morgan fingerprint density at radius 3 is 2.85 bits per heavy atom. The molecule has 174 valence electrons. The fraction of sp³-hybridized carbons (Fsp3) is 0.280. The molecule has 1 atom stereocenters. The predicted molar refractivity (Wildman–Crippen MR) is 119 cm³/mol. The molecule has 2 aromatic rings. The molecule has 5 rings (SSSR count). The third kappa shape index (κ3) is 3.93. The lowest BCUT2D eigenvalue weighted by atomic mass is 10.0. The molecule has 0 aromatic heterocycles. The van der Waals surface area contributed by atoms with E-state index in [0.717, 1.165) is 11.1 Å². The molecule has 8 nitrogen and oxygen atoms in total. The highest BCUT2D eigenvalue weighted by Crippen LogP contribution is 2.30. The Hall–Kier alpha value is -4.01. The lowest BCUT2D eigenvalue weighted by molar-refractivity contribution is -0.137. The number of imide groups is 1. The number of benzene rings is 2. The molecule has 0 aliphatic carbocycles. The van der Waals surface area contributed by atoms with Gasteiger partial charge in [0.2, 0.25) is 11.8 Å². The van der Waals surface area contributed by atoms with Crippen LogP contribution in [0.25, 0.3) is 6.08 Å². The first-order valence-electron chi connectivity index (χ1n) is 11.0. The summed E-state index contributed by atoms with van der Waals surface area (Å²) in [7, 11) is 0. The standard InChI is InChI=1S/C25H22FN3O5/c1-13-6-15-8-17(12-34-21(15)9-19(13)26)23(31)27-10-14-2-3-18-16(7-14)11-29(25(18)33)20-4-5-22(30)28-24(20)32/h2-3,6-9,20H,4-5,10-12H2,1H3,(H,27,31)(H,28,30,32). The highest BCUT2D eigenvalue weighted by molar-refractivity contribution is 6.05. The number of piperidine rings is 1. The summed E-state index contributed by atoms with van der Waals surface area (Å²) in [5.74, 6) is -1.26. The molecule has 2 aromatic carbocycles. The van der Waals surface area contributed by atoms with E-state index in [1.807, 2.05) is 6.07 Å². The van der Waals surface area contributed by atoms with Crippen LogP contribution in [0.5, 0.6) is 5.75 Å². The lowest BCUT2D eigenvalue weighted by Crippen LogP contribution is -2.52. The number of halogens is 1. The number of hydrogen-bond acceptors (Lipinski definition) is 5. The van der Waals surface area contributed by atoms with Crippen molar-refractivity contribution in [1.82, 2.24) is 15.5 Å². The molecule has 3 aliphatic rings. The van der Waals surface area contributed by atoms with E-state index in [-0.39, 0.29) is 49.7 Å². The fourth-order valence-corrected chi connectivity index (χ4v) is 4.47. The number of carbonyl (C=O) groups is 4. The molecule has 0 radical (unpaired) electrons. The monoisotopic (exact) mass is 463 g/mol. The maximum Gasteiger partial charge on any atom is 0.255 e. The van der Waals surface area contributed by atoms with Crippen molar-refractivity contribution in [1.29, 1.82) is 0 Å². The second-order valence-electron chi connectivity index (χ2n) is 8.67. The van der Waals surface area contributed by atoms with Gasteiger partial charge >= 0.3 is 0 Å². The quantitative estimate of drug-likeness (QED) is 0.675. The van der Waals surface area contributed by atoms with Crippen molar-refractivity contribution in [3.05, 3.63) is 69.5 Å². The van der Waals surface area contributed by atoms with Crippen LogP contribution in [0.3, 0.4) is 0 Å². The Kier molecular flexibility index (Phi) is 5.39. The third-order valence-electron chi connectivity index (χ3n) is 6.34. The first-order valence-corrected chi connectivity index (χ1v) is 11.0. The summed E-state index contributed by atoms with van der Waals surface area (Å²) < 4.78 is 19.3. The van der Waals surface area contributed by atoms with E-state index < -0.39 is 11.9 Å². The van der Waals surface area contributed by atoms with E-state index in [2.05, 4.69) is 10.6 Å². The molecule has 0 bridgehead atoms. The van der Waals surface area contributed by atoms with E-state index in [4.69, 9.17) is 4.74 Å². The van der Waals surface area contributed by atoms with Gasteiger partial charge < -0.3 is 15.0 Å². The van der Waals surface area contributed by atoms with E-state index in [1.165, 1.54) is 11.0 Å². The van der Waals surface area contributed by atoms with Crippen molar-refractivity contribution < 1.29 is 28.3 Å². The minimum atomic E-state index is -0.668. The Morgan fingerprint density at radius 1 is 1.24 bits per heavy atom. The summed E-state index contributed by atoms with van der Waals surface area (Å²) in [6.45, 7) is 2.21. The first-order chi connectivity index (χ1) is 16.3. The van der Waals surface area contributed by atoms with Gasteiger partial charge in [0.15, 0.2) is 0 Å². The maximum atomic E-state index is 13.7. The van der Waals surface area contributed by atoms with Crippen molar-refractivity contribution in [3.8, 4) is 5.75 Å². The molecule has 2 N–H and O–H groups in total. The number of hydrogen-bond donors (Lipinski definition) is 2. The number of amides is 4. The minimum Gasteiger partial charge on any atom is -0.488 e. The number of fused-ring (bicyclic) bond motifs is 2. The largest absolute Gasteiger partial charge is 0.488 e. The number of carbonyl (C=O) groups excluding carboxylic acids is 4. The zero-order valence-electron chi connectivity index (χ0n) is 18.4. The summed E-state index contributed by atoms with van der Waals surface area (Å²) in [4.78, 5) is 50.6. The summed E-state index contributed by atoms with van der Waals surface area (Å²) >= 11 is 0. The summed E-state index contributed by atoms with van der Waals surface area (Å²) in [5, 5.41) is 5.14. The predicted octanol–water partition coefficient (Wildman–Crippen LogP) is 1.99. The number of nitrogens with zero attached hydrogens (tertiary/aromatic N) is 1. The zero-order valence-corrected chi connectivity index (χ0v) is 18.4. The molecular weight excluding hydrogens is 441 g/mol. The molecule has 3 heterocycles. The van der Waals surface area contributed by atoms with Gasteiger partial charge in [0, 0.05) is 36.7 Å². The molecular formula is C25H22FN3O5. The molecule has 1 fully saturated rings. The fourth-order valence-electron chi connectivity index (χ4n) is 4.47. The second kappa shape index (κ2) is 8.40. The van der Waals surface area contributed by atoms with Crippen LogP contribution in [0, 0.1) is 12.7 Å². The smallest absolute Gasteiger partial charge is 0.255 e. The van der Waals surface area contributed by atoms with Crippen molar-refractivity contribution in [2.45, 2.75) is 38.9 Å².